The molecule has 0 heterocycles. The molecule has 0 spiro atoms. The highest BCUT2D eigenvalue weighted by molar-refractivity contribution is 5.34. The normalized spacial score (nSPS) is 18.3. The summed E-state index contributed by atoms with van der Waals surface area (Å²) in [7, 11) is 1.71. The first-order chi connectivity index (χ1) is 16.2. The maximum Gasteiger partial charge on any atom is 0.127 e. The second-order valence-electron chi connectivity index (χ2n) is 9.20. The Hall–Kier alpha value is -2.82. The first-order valence-corrected chi connectivity index (χ1v) is 12.1. The molecule has 4 heteroatoms. The van der Waals surface area contributed by atoms with Crippen molar-refractivity contribution in [1.29, 1.82) is 0 Å². The molecule has 0 aliphatic heterocycles. The van der Waals surface area contributed by atoms with Crippen molar-refractivity contribution < 1.29 is 9.47 Å². The molecule has 3 aromatic rings. The van der Waals surface area contributed by atoms with E-state index in [1.165, 1.54) is 36.8 Å². The molecule has 3 aromatic carbocycles. The highest BCUT2D eigenvalue weighted by atomic mass is 16.5. The second-order valence-corrected chi connectivity index (χ2v) is 9.20. The molecular weight excluding hydrogens is 408 g/mol. The molecule has 4 nitrogen and oxygen atoms in total. The Morgan fingerprint density at radius 2 is 1.39 bits per heavy atom. The summed E-state index contributed by atoms with van der Waals surface area (Å²) in [5.74, 6) is 4.09. The largest absolute Gasteiger partial charge is 0.497 e. The number of methoxy groups -OCH3 is 1. The van der Waals surface area contributed by atoms with E-state index in [2.05, 4.69) is 35.2 Å². The minimum Gasteiger partial charge on any atom is -0.497 e. The number of hydrogen-bond acceptors (Lipinski definition) is 4. The number of para-hydroxylation sites is 1. The van der Waals surface area contributed by atoms with E-state index in [-0.39, 0.29) is 0 Å². The smallest absolute Gasteiger partial charge is 0.127 e. The SMILES string of the molecule is COc1ccc(CN(Cc2cccc(Oc3ccccc3)c2)CC2CCC(CN)CC2)cc1. The van der Waals surface area contributed by atoms with Gasteiger partial charge < -0.3 is 15.2 Å². The predicted molar refractivity (Wildman–Crippen MR) is 135 cm³/mol. The lowest BCUT2D eigenvalue weighted by Gasteiger charge is -2.32. The second kappa shape index (κ2) is 11.9. The third-order valence-corrected chi connectivity index (χ3v) is 6.66. The number of nitrogens with two attached hydrogens (primary N) is 1. The van der Waals surface area contributed by atoms with Gasteiger partial charge in [-0.15, -0.1) is 0 Å². The molecule has 1 saturated carbocycles. The molecular formula is C29H36N2O2. The fraction of sp³-hybridized carbons (Fsp3) is 0.379. The molecule has 0 bridgehead atoms. The van der Waals surface area contributed by atoms with E-state index in [1.807, 2.05) is 48.5 Å². The summed E-state index contributed by atoms with van der Waals surface area (Å²) in [5.41, 5.74) is 8.49. The van der Waals surface area contributed by atoms with Gasteiger partial charge in [0.25, 0.3) is 0 Å². The molecule has 1 aliphatic carbocycles. The van der Waals surface area contributed by atoms with Crippen molar-refractivity contribution in [2.24, 2.45) is 17.6 Å². The Kier molecular flexibility index (Phi) is 8.40. The van der Waals surface area contributed by atoms with Crippen LogP contribution in [-0.4, -0.2) is 25.1 Å². The summed E-state index contributed by atoms with van der Waals surface area (Å²) in [5, 5.41) is 0. The summed E-state index contributed by atoms with van der Waals surface area (Å²) in [6.45, 7) is 3.75. The predicted octanol–water partition coefficient (Wildman–Crippen LogP) is 6.25. The average Bonchev–Trinajstić information content (AvgIpc) is 2.86. The summed E-state index contributed by atoms with van der Waals surface area (Å²) < 4.78 is 11.4. The summed E-state index contributed by atoms with van der Waals surface area (Å²) in [6, 6.07) is 26.9. The van der Waals surface area contributed by atoms with Crippen LogP contribution in [0.25, 0.3) is 0 Å². The van der Waals surface area contributed by atoms with Gasteiger partial charge >= 0.3 is 0 Å². The zero-order valence-electron chi connectivity index (χ0n) is 19.7. The maximum atomic E-state index is 6.07. The van der Waals surface area contributed by atoms with Crippen LogP contribution in [0.1, 0.15) is 36.8 Å². The van der Waals surface area contributed by atoms with E-state index in [9.17, 15) is 0 Å². The first-order valence-electron chi connectivity index (χ1n) is 12.1. The molecule has 2 N–H and O–H groups in total. The molecule has 1 fully saturated rings. The monoisotopic (exact) mass is 444 g/mol. The van der Waals surface area contributed by atoms with Crippen LogP contribution in [0.3, 0.4) is 0 Å². The van der Waals surface area contributed by atoms with Crippen molar-refractivity contribution in [2.75, 3.05) is 20.2 Å². The van der Waals surface area contributed by atoms with Crippen LogP contribution in [-0.2, 0) is 13.1 Å². The third kappa shape index (κ3) is 7.08. The number of nitrogens with zero attached hydrogens (tertiary/aromatic N) is 1. The van der Waals surface area contributed by atoms with E-state index < -0.39 is 0 Å². The van der Waals surface area contributed by atoms with Crippen LogP contribution >= 0.6 is 0 Å². The van der Waals surface area contributed by atoms with Crippen LogP contribution < -0.4 is 15.2 Å². The fourth-order valence-electron chi connectivity index (χ4n) is 4.78. The Labute approximate surface area is 198 Å². The number of rotatable bonds is 10. The van der Waals surface area contributed by atoms with Crippen LogP contribution in [0, 0.1) is 11.8 Å². The van der Waals surface area contributed by atoms with E-state index in [0.29, 0.717) is 5.92 Å². The molecule has 0 radical (unpaired) electrons. The minimum absolute atomic E-state index is 0.711. The maximum absolute atomic E-state index is 6.07. The first kappa shape index (κ1) is 23.3. The quantitative estimate of drug-likeness (QED) is 0.401. The van der Waals surface area contributed by atoms with Crippen molar-refractivity contribution in [3.05, 3.63) is 90.0 Å². The van der Waals surface area contributed by atoms with Gasteiger partial charge in [-0.05, 0) is 91.6 Å². The third-order valence-electron chi connectivity index (χ3n) is 6.66. The van der Waals surface area contributed by atoms with Crippen LogP contribution in [0.15, 0.2) is 78.9 Å². The van der Waals surface area contributed by atoms with E-state index in [4.69, 9.17) is 15.2 Å². The van der Waals surface area contributed by atoms with Gasteiger partial charge in [-0.2, -0.15) is 0 Å². The van der Waals surface area contributed by atoms with Gasteiger partial charge in [0.15, 0.2) is 0 Å². The number of benzene rings is 3. The number of hydrogen-bond donors (Lipinski definition) is 1. The van der Waals surface area contributed by atoms with Gasteiger partial charge in [-0.25, -0.2) is 0 Å². The van der Waals surface area contributed by atoms with Gasteiger partial charge in [0.2, 0.25) is 0 Å². The molecule has 0 atom stereocenters. The Balaban J connectivity index is 1.45. The van der Waals surface area contributed by atoms with Gasteiger partial charge in [-0.1, -0.05) is 42.5 Å². The highest BCUT2D eigenvalue weighted by Gasteiger charge is 2.22. The lowest BCUT2D eigenvalue weighted by Crippen LogP contribution is -2.32. The number of ether oxygens (including phenoxy) is 2. The Morgan fingerprint density at radius 1 is 0.727 bits per heavy atom. The molecule has 0 unspecified atom stereocenters. The zero-order valence-corrected chi connectivity index (χ0v) is 19.7. The topological polar surface area (TPSA) is 47.7 Å². The Morgan fingerprint density at radius 3 is 2.09 bits per heavy atom. The van der Waals surface area contributed by atoms with E-state index >= 15 is 0 Å². The summed E-state index contributed by atoms with van der Waals surface area (Å²) in [6.07, 6.45) is 5.08. The van der Waals surface area contributed by atoms with E-state index in [1.54, 1.807) is 7.11 Å². The van der Waals surface area contributed by atoms with Crippen molar-refractivity contribution in [1.82, 2.24) is 4.90 Å². The summed E-state index contributed by atoms with van der Waals surface area (Å²) in [4.78, 5) is 2.58. The molecule has 174 valence electrons. The van der Waals surface area contributed by atoms with Crippen molar-refractivity contribution in [2.45, 2.75) is 38.8 Å². The van der Waals surface area contributed by atoms with Crippen LogP contribution in [0.2, 0.25) is 0 Å². The van der Waals surface area contributed by atoms with Gasteiger partial charge in [-0.3, -0.25) is 4.90 Å². The standard InChI is InChI=1S/C29H36N2O2/c1-32-27-16-14-25(15-17-27)21-31(20-24-12-10-23(19-30)11-13-24)22-26-6-5-9-29(18-26)33-28-7-3-2-4-8-28/h2-9,14-18,23-24H,10-13,19-22,30H2,1H3. The molecule has 0 amide bonds. The van der Waals surface area contributed by atoms with Gasteiger partial charge in [0, 0.05) is 19.6 Å². The molecule has 0 aromatic heterocycles. The van der Waals surface area contributed by atoms with Crippen LogP contribution in [0.4, 0.5) is 0 Å². The van der Waals surface area contributed by atoms with Crippen molar-refractivity contribution in [3.8, 4) is 17.2 Å². The average molecular weight is 445 g/mol. The zero-order chi connectivity index (χ0) is 22.9. The van der Waals surface area contributed by atoms with Gasteiger partial charge in [0.05, 0.1) is 7.11 Å². The summed E-state index contributed by atoms with van der Waals surface area (Å²) >= 11 is 0. The molecule has 0 saturated heterocycles. The lowest BCUT2D eigenvalue weighted by molar-refractivity contribution is 0.170. The molecule has 33 heavy (non-hydrogen) atoms. The van der Waals surface area contributed by atoms with Crippen molar-refractivity contribution >= 4 is 0 Å². The van der Waals surface area contributed by atoms with Gasteiger partial charge in [0.1, 0.15) is 17.2 Å². The molecule has 1 aliphatic rings. The van der Waals surface area contributed by atoms with Crippen molar-refractivity contribution in [3.63, 3.8) is 0 Å². The molecule has 4 rings (SSSR count). The fourth-order valence-corrected chi connectivity index (χ4v) is 4.78. The highest BCUT2D eigenvalue weighted by Crippen LogP contribution is 2.30. The minimum atomic E-state index is 0.711. The lowest BCUT2D eigenvalue weighted by atomic mass is 9.82. The Bertz CT molecular complexity index is 966. The van der Waals surface area contributed by atoms with E-state index in [0.717, 1.165) is 49.3 Å². The van der Waals surface area contributed by atoms with Crippen LogP contribution in [0.5, 0.6) is 17.2 Å².